The van der Waals surface area contributed by atoms with E-state index in [1.54, 1.807) is 24.3 Å². The summed E-state index contributed by atoms with van der Waals surface area (Å²) in [5.74, 6) is -1.04. The Kier molecular flexibility index (Phi) is 4.23. The number of nitrogens with one attached hydrogen (secondary N) is 1. The number of benzene rings is 1. The van der Waals surface area contributed by atoms with Crippen LogP contribution in [-0.4, -0.2) is 22.5 Å². The summed E-state index contributed by atoms with van der Waals surface area (Å²) in [5.41, 5.74) is 1.36. The van der Waals surface area contributed by atoms with Gasteiger partial charge in [-0.15, -0.1) is 0 Å². The lowest BCUT2D eigenvalue weighted by Gasteiger charge is -2.42. The van der Waals surface area contributed by atoms with Crippen LogP contribution in [0.1, 0.15) is 48.5 Å². The van der Waals surface area contributed by atoms with Crippen molar-refractivity contribution in [3.8, 4) is 0 Å². The number of hydrogen-bond acceptors (Lipinski definition) is 2. The third-order valence-corrected chi connectivity index (χ3v) is 3.96. The van der Waals surface area contributed by atoms with E-state index in [-0.39, 0.29) is 11.4 Å². The SMILES string of the molecule is CCC1(NC(=O)c2ccc(/C=C/C(=O)O)cc2)CCC1. The van der Waals surface area contributed by atoms with E-state index in [1.807, 2.05) is 0 Å². The fraction of sp³-hybridized carbons (Fsp3) is 0.375. The molecule has 0 atom stereocenters. The molecule has 1 aliphatic carbocycles. The van der Waals surface area contributed by atoms with Gasteiger partial charge in [0.05, 0.1) is 0 Å². The van der Waals surface area contributed by atoms with Crippen LogP contribution >= 0.6 is 0 Å². The molecule has 20 heavy (non-hydrogen) atoms. The van der Waals surface area contributed by atoms with Gasteiger partial charge >= 0.3 is 5.97 Å². The van der Waals surface area contributed by atoms with Gasteiger partial charge in [-0.05, 0) is 49.5 Å². The van der Waals surface area contributed by atoms with Crippen molar-refractivity contribution in [1.29, 1.82) is 0 Å². The Labute approximate surface area is 118 Å². The molecule has 0 heterocycles. The molecule has 4 heteroatoms. The van der Waals surface area contributed by atoms with Gasteiger partial charge in [0.25, 0.3) is 5.91 Å². The standard InChI is InChI=1S/C16H19NO3/c1-2-16(10-3-11-16)17-15(20)13-7-4-12(5-8-13)6-9-14(18)19/h4-9H,2-3,10-11H2,1H3,(H,17,20)(H,18,19)/b9-6+. The van der Waals surface area contributed by atoms with Crippen LogP contribution in [0.25, 0.3) is 6.08 Å². The second-order valence-corrected chi connectivity index (χ2v) is 5.24. The molecule has 0 aliphatic heterocycles. The van der Waals surface area contributed by atoms with Gasteiger partial charge in [0.2, 0.25) is 0 Å². The number of carbonyl (C=O) groups excluding carboxylic acids is 1. The van der Waals surface area contributed by atoms with Crippen LogP contribution in [0, 0.1) is 0 Å². The predicted octanol–water partition coefficient (Wildman–Crippen LogP) is 2.85. The quantitative estimate of drug-likeness (QED) is 0.811. The molecule has 0 saturated heterocycles. The van der Waals surface area contributed by atoms with E-state index in [2.05, 4.69) is 12.2 Å². The van der Waals surface area contributed by atoms with E-state index in [0.717, 1.165) is 30.9 Å². The van der Waals surface area contributed by atoms with Crippen LogP contribution < -0.4 is 5.32 Å². The number of carboxylic acid groups (broad SMARTS) is 1. The van der Waals surface area contributed by atoms with E-state index in [4.69, 9.17) is 5.11 Å². The fourth-order valence-corrected chi connectivity index (χ4v) is 2.40. The van der Waals surface area contributed by atoms with Gasteiger partial charge in [-0.25, -0.2) is 4.79 Å². The zero-order valence-electron chi connectivity index (χ0n) is 11.6. The summed E-state index contributed by atoms with van der Waals surface area (Å²) in [7, 11) is 0. The number of carbonyl (C=O) groups is 2. The smallest absolute Gasteiger partial charge is 0.328 e. The third kappa shape index (κ3) is 3.26. The molecule has 1 aromatic rings. The molecule has 2 N–H and O–H groups in total. The summed E-state index contributed by atoms with van der Waals surface area (Å²) >= 11 is 0. The first-order valence-corrected chi connectivity index (χ1v) is 6.88. The molecule has 0 aromatic heterocycles. The van der Waals surface area contributed by atoms with Crippen LogP contribution in [0.2, 0.25) is 0 Å². The molecule has 1 amide bonds. The van der Waals surface area contributed by atoms with E-state index < -0.39 is 5.97 Å². The van der Waals surface area contributed by atoms with E-state index in [9.17, 15) is 9.59 Å². The molecule has 0 unspecified atom stereocenters. The maximum Gasteiger partial charge on any atom is 0.328 e. The first-order valence-electron chi connectivity index (χ1n) is 6.88. The second kappa shape index (κ2) is 5.90. The van der Waals surface area contributed by atoms with Gasteiger partial charge < -0.3 is 10.4 Å². The lowest BCUT2D eigenvalue weighted by atomic mass is 9.74. The van der Waals surface area contributed by atoms with Gasteiger partial charge in [0, 0.05) is 17.2 Å². The number of aliphatic carboxylic acids is 1. The Hall–Kier alpha value is -2.10. The highest BCUT2D eigenvalue weighted by Gasteiger charge is 2.36. The summed E-state index contributed by atoms with van der Waals surface area (Å²) in [4.78, 5) is 22.6. The van der Waals surface area contributed by atoms with Crippen molar-refractivity contribution in [3.63, 3.8) is 0 Å². The molecular weight excluding hydrogens is 254 g/mol. The predicted molar refractivity (Wildman–Crippen MR) is 77.5 cm³/mol. The summed E-state index contributed by atoms with van der Waals surface area (Å²) < 4.78 is 0. The molecule has 1 fully saturated rings. The van der Waals surface area contributed by atoms with Crippen molar-refractivity contribution in [1.82, 2.24) is 5.32 Å². The van der Waals surface area contributed by atoms with Crippen molar-refractivity contribution >= 4 is 18.0 Å². The third-order valence-electron chi connectivity index (χ3n) is 3.96. The molecule has 1 aromatic carbocycles. The Morgan fingerprint density at radius 3 is 2.40 bits per heavy atom. The Balaban J connectivity index is 2.02. The first kappa shape index (κ1) is 14.3. The average molecular weight is 273 g/mol. The summed E-state index contributed by atoms with van der Waals surface area (Å²) in [6.07, 6.45) is 6.81. The number of carboxylic acids is 1. The number of hydrogen-bond donors (Lipinski definition) is 2. The zero-order chi connectivity index (χ0) is 14.6. The van der Waals surface area contributed by atoms with Crippen LogP contribution in [0.15, 0.2) is 30.3 Å². The fourth-order valence-electron chi connectivity index (χ4n) is 2.40. The molecule has 106 valence electrons. The summed E-state index contributed by atoms with van der Waals surface area (Å²) in [5, 5.41) is 11.7. The molecule has 2 rings (SSSR count). The van der Waals surface area contributed by atoms with E-state index in [0.29, 0.717) is 5.56 Å². The normalized spacial score (nSPS) is 16.6. The van der Waals surface area contributed by atoms with Crippen molar-refractivity contribution in [2.24, 2.45) is 0 Å². The highest BCUT2D eigenvalue weighted by atomic mass is 16.4. The maximum atomic E-state index is 12.2. The highest BCUT2D eigenvalue weighted by Crippen LogP contribution is 2.34. The molecule has 4 nitrogen and oxygen atoms in total. The van der Waals surface area contributed by atoms with Gasteiger partial charge in [-0.1, -0.05) is 19.1 Å². The van der Waals surface area contributed by atoms with Crippen LogP contribution in [0.3, 0.4) is 0 Å². The Morgan fingerprint density at radius 2 is 1.95 bits per heavy atom. The van der Waals surface area contributed by atoms with Crippen molar-refractivity contribution in [3.05, 3.63) is 41.5 Å². The second-order valence-electron chi connectivity index (χ2n) is 5.24. The monoisotopic (exact) mass is 273 g/mol. The molecule has 0 radical (unpaired) electrons. The minimum atomic E-state index is -0.985. The van der Waals surface area contributed by atoms with Crippen LogP contribution in [-0.2, 0) is 4.79 Å². The first-order chi connectivity index (χ1) is 9.54. The Bertz CT molecular complexity index is 522. The molecule has 0 spiro atoms. The molecule has 1 saturated carbocycles. The molecular formula is C16H19NO3. The van der Waals surface area contributed by atoms with Crippen molar-refractivity contribution < 1.29 is 14.7 Å². The largest absolute Gasteiger partial charge is 0.478 e. The van der Waals surface area contributed by atoms with Gasteiger partial charge in [0.15, 0.2) is 0 Å². The van der Waals surface area contributed by atoms with Gasteiger partial charge in [-0.3, -0.25) is 4.79 Å². The van der Waals surface area contributed by atoms with Gasteiger partial charge in [0.1, 0.15) is 0 Å². The van der Waals surface area contributed by atoms with Crippen LogP contribution in [0.5, 0.6) is 0 Å². The maximum absolute atomic E-state index is 12.2. The van der Waals surface area contributed by atoms with Gasteiger partial charge in [-0.2, -0.15) is 0 Å². The Morgan fingerprint density at radius 1 is 1.30 bits per heavy atom. The van der Waals surface area contributed by atoms with Crippen LogP contribution in [0.4, 0.5) is 0 Å². The number of amides is 1. The average Bonchev–Trinajstić information content (AvgIpc) is 2.41. The zero-order valence-corrected chi connectivity index (χ0v) is 11.6. The van der Waals surface area contributed by atoms with Crippen molar-refractivity contribution in [2.45, 2.75) is 38.1 Å². The molecule has 1 aliphatic rings. The van der Waals surface area contributed by atoms with E-state index >= 15 is 0 Å². The minimum absolute atomic E-state index is 0.0149. The topological polar surface area (TPSA) is 66.4 Å². The van der Waals surface area contributed by atoms with Crippen molar-refractivity contribution in [2.75, 3.05) is 0 Å². The number of rotatable bonds is 5. The highest BCUT2D eigenvalue weighted by molar-refractivity contribution is 5.95. The lowest BCUT2D eigenvalue weighted by Crippen LogP contribution is -2.52. The van der Waals surface area contributed by atoms with E-state index in [1.165, 1.54) is 12.5 Å². The summed E-state index contributed by atoms with van der Waals surface area (Å²) in [6.45, 7) is 2.10. The summed E-state index contributed by atoms with van der Waals surface area (Å²) in [6, 6.07) is 6.93. The minimum Gasteiger partial charge on any atom is -0.478 e. The molecule has 0 bridgehead atoms. The lowest BCUT2D eigenvalue weighted by molar-refractivity contribution is -0.131.